The molecule has 0 saturated heterocycles. The van der Waals surface area contributed by atoms with Gasteiger partial charge in [0.25, 0.3) is 5.91 Å². The molecule has 0 aliphatic heterocycles. The summed E-state index contributed by atoms with van der Waals surface area (Å²) in [6.45, 7) is 0.510. The highest BCUT2D eigenvalue weighted by Gasteiger charge is 2.11. The maximum Gasteiger partial charge on any atom is 0.255 e. The van der Waals surface area contributed by atoms with Crippen molar-refractivity contribution in [3.63, 3.8) is 0 Å². The van der Waals surface area contributed by atoms with Gasteiger partial charge in [0, 0.05) is 25.4 Å². The maximum atomic E-state index is 11.9. The molecule has 0 unspecified atom stereocenters. The molecule has 2 aromatic rings. The van der Waals surface area contributed by atoms with E-state index >= 15 is 0 Å². The molecule has 1 amide bonds. The molecule has 0 aliphatic rings. The Morgan fingerprint density at radius 2 is 2.35 bits per heavy atom. The first-order valence-corrected chi connectivity index (χ1v) is 6.34. The zero-order valence-corrected chi connectivity index (χ0v) is 11.2. The molecule has 2 rings (SSSR count). The van der Waals surface area contributed by atoms with Crippen molar-refractivity contribution in [1.82, 2.24) is 15.3 Å². The highest BCUT2D eigenvalue weighted by atomic mass is 16.5. The monoisotopic (exact) mass is 275 g/mol. The predicted molar refractivity (Wildman–Crippen MR) is 73.9 cm³/mol. The van der Waals surface area contributed by atoms with Gasteiger partial charge in [0.2, 0.25) is 0 Å². The second-order valence-corrected chi connectivity index (χ2v) is 4.28. The number of imidazole rings is 1. The van der Waals surface area contributed by atoms with Gasteiger partial charge in [-0.1, -0.05) is 0 Å². The predicted octanol–water partition coefficient (Wildman–Crippen LogP) is 1.49. The number of amides is 1. The number of aromatic hydroxyl groups is 1. The number of carbonyl (C=O) groups is 1. The number of nitrogens with one attached hydrogen (secondary N) is 2. The number of aryl methyl sites for hydroxylation is 1. The van der Waals surface area contributed by atoms with Gasteiger partial charge in [-0.05, 0) is 24.6 Å². The molecular weight excluding hydrogens is 258 g/mol. The van der Waals surface area contributed by atoms with Gasteiger partial charge < -0.3 is 20.1 Å². The van der Waals surface area contributed by atoms with Crippen molar-refractivity contribution in [3.05, 3.63) is 42.0 Å². The van der Waals surface area contributed by atoms with Crippen LogP contribution in [0, 0.1) is 0 Å². The van der Waals surface area contributed by atoms with Gasteiger partial charge >= 0.3 is 0 Å². The molecular formula is C14H17N3O3. The summed E-state index contributed by atoms with van der Waals surface area (Å²) in [6.07, 6.45) is 4.99. The van der Waals surface area contributed by atoms with E-state index in [-0.39, 0.29) is 17.2 Å². The van der Waals surface area contributed by atoms with Crippen molar-refractivity contribution in [3.8, 4) is 11.5 Å². The lowest BCUT2D eigenvalue weighted by Crippen LogP contribution is -2.25. The van der Waals surface area contributed by atoms with E-state index in [4.69, 9.17) is 4.74 Å². The summed E-state index contributed by atoms with van der Waals surface area (Å²) >= 11 is 0. The molecule has 106 valence electrons. The summed E-state index contributed by atoms with van der Waals surface area (Å²) in [4.78, 5) is 19.0. The molecule has 0 aliphatic carbocycles. The SMILES string of the molecule is COc1ccc(O)c(C(=O)NCCCc2ncc[nH]2)c1. The third-order valence-electron chi connectivity index (χ3n) is 2.88. The normalized spacial score (nSPS) is 10.2. The number of aromatic amines is 1. The lowest BCUT2D eigenvalue weighted by Gasteiger charge is -2.08. The summed E-state index contributed by atoms with van der Waals surface area (Å²) in [5.74, 6) is 1.04. The van der Waals surface area contributed by atoms with E-state index in [0.717, 1.165) is 18.7 Å². The molecule has 6 heteroatoms. The second-order valence-electron chi connectivity index (χ2n) is 4.28. The van der Waals surface area contributed by atoms with Crippen LogP contribution in [0.4, 0.5) is 0 Å². The maximum absolute atomic E-state index is 11.9. The fraction of sp³-hybridized carbons (Fsp3) is 0.286. The van der Waals surface area contributed by atoms with Gasteiger partial charge in [0.05, 0.1) is 12.7 Å². The van der Waals surface area contributed by atoms with E-state index in [1.807, 2.05) is 0 Å². The zero-order chi connectivity index (χ0) is 14.4. The number of phenolic OH excluding ortho intramolecular Hbond substituents is 1. The van der Waals surface area contributed by atoms with Gasteiger partial charge in [-0.3, -0.25) is 4.79 Å². The number of phenols is 1. The van der Waals surface area contributed by atoms with Gasteiger partial charge in [-0.15, -0.1) is 0 Å². The van der Waals surface area contributed by atoms with Crippen LogP contribution in [0.2, 0.25) is 0 Å². The van der Waals surface area contributed by atoms with E-state index in [1.165, 1.54) is 19.2 Å². The lowest BCUT2D eigenvalue weighted by molar-refractivity contribution is 0.0950. The van der Waals surface area contributed by atoms with E-state index in [1.54, 1.807) is 18.5 Å². The molecule has 0 spiro atoms. The Hall–Kier alpha value is -2.50. The molecule has 3 N–H and O–H groups in total. The quantitative estimate of drug-likeness (QED) is 0.697. The molecule has 1 heterocycles. The van der Waals surface area contributed by atoms with Crippen LogP contribution in [-0.4, -0.2) is 34.6 Å². The molecule has 1 aromatic carbocycles. The van der Waals surface area contributed by atoms with Crippen molar-refractivity contribution in [1.29, 1.82) is 0 Å². The Bertz CT molecular complexity index is 567. The number of benzene rings is 1. The average Bonchev–Trinajstić information content (AvgIpc) is 2.97. The number of H-pyrrole nitrogens is 1. The van der Waals surface area contributed by atoms with Crippen molar-refractivity contribution in [2.75, 3.05) is 13.7 Å². The zero-order valence-electron chi connectivity index (χ0n) is 11.2. The Morgan fingerprint density at radius 3 is 3.05 bits per heavy atom. The summed E-state index contributed by atoms with van der Waals surface area (Å²) in [7, 11) is 1.51. The summed E-state index contributed by atoms with van der Waals surface area (Å²) in [5, 5.41) is 12.4. The van der Waals surface area contributed by atoms with Crippen LogP contribution in [0.15, 0.2) is 30.6 Å². The van der Waals surface area contributed by atoms with Crippen molar-refractivity contribution >= 4 is 5.91 Å². The van der Waals surface area contributed by atoms with Crippen molar-refractivity contribution < 1.29 is 14.6 Å². The third-order valence-corrected chi connectivity index (χ3v) is 2.88. The number of nitrogens with zero attached hydrogens (tertiary/aromatic N) is 1. The standard InChI is InChI=1S/C14H17N3O3/c1-20-10-4-5-12(18)11(9-10)14(19)17-6-2-3-13-15-7-8-16-13/h4-5,7-9,18H,2-3,6H2,1H3,(H,15,16)(H,17,19). The number of carbonyl (C=O) groups excluding carboxylic acids is 1. The molecule has 0 radical (unpaired) electrons. The smallest absolute Gasteiger partial charge is 0.255 e. The third kappa shape index (κ3) is 3.50. The van der Waals surface area contributed by atoms with E-state index in [0.29, 0.717) is 12.3 Å². The minimum absolute atomic E-state index is 0.0608. The van der Waals surface area contributed by atoms with Crippen LogP contribution in [0.1, 0.15) is 22.6 Å². The second kappa shape index (κ2) is 6.60. The van der Waals surface area contributed by atoms with Gasteiger partial charge in [-0.2, -0.15) is 0 Å². The molecule has 1 aromatic heterocycles. The molecule has 6 nitrogen and oxygen atoms in total. The van der Waals surface area contributed by atoms with E-state index in [9.17, 15) is 9.90 Å². The fourth-order valence-electron chi connectivity index (χ4n) is 1.81. The first kappa shape index (κ1) is 13.9. The van der Waals surface area contributed by atoms with E-state index < -0.39 is 0 Å². The van der Waals surface area contributed by atoms with Crippen LogP contribution in [-0.2, 0) is 6.42 Å². The number of aromatic nitrogens is 2. The Morgan fingerprint density at radius 1 is 1.50 bits per heavy atom. The fourth-order valence-corrected chi connectivity index (χ4v) is 1.81. The molecule has 20 heavy (non-hydrogen) atoms. The topological polar surface area (TPSA) is 87.2 Å². The van der Waals surface area contributed by atoms with Crippen molar-refractivity contribution in [2.45, 2.75) is 12.8 Å². The largest absolute Gasteiger partial charge is 0.507 e. The van der Waals surface area contributed by atoms with Crippen LogP contribution in [0.3, 0.4) is 0 Å². The van der Waals surface area contributed by atoms with Gasteiger partial charge in [0.15, 0.2) is 0 Å². The number of methoxy groups -OCH3 is 1. The summed E-state index contributed by atoms with van der Waals surface area (Å²) < 4.78 is 5.03. The van der Waals surface area contributed by atoms with Crippen LogP contribution < -0.4 is 10.1 Å². The van der Waals surface area contributed by atoms with Gasteiger partial charge in [0.1, 0.15) is 17.3 Å². The average molecular weight is 275 g/mol. The number of hydrogen-bond donors (Lipinski definition) is 3. The highest BCUT2D eigenvalue weighted by Crippen LogP contribution is 2.22. The first-order chi connectivity index (χ1) is 9.70. The van der Waals surface area contributed by atoms with Crippen LogP contribution >= 0.6 is 0 Å². The number of rotatable bonds is 6. The van der Waals surface area contributed by atoms with E-state index in [2.05, 4.69) is 15.3 Å². The minimum Gasteiger partial charge on any atom is -0.507 e. The molecule has 0 bridgehead atoms. The minimum atomic E-state index is -0.319. The Kier molecular flexibility index (Phi) is 4.60. The van der Waals surface area contributed by atoms with Crippen molar-refractivity contribution in [2.24, 2.45) is 0 Å². The Balaban J connectivity index is 1.85. The van der Waals surface area contributed by atoms with Crippen LogP contribution in [0.25, 0.3) is 0 Å². The first-order valence-electron chi connectivity index (χ1n) is 6.34. The Labute approximate surface area is 116 Å². The summed E-state index contributed by atoms with van der Waals surface area (Å²) in [6, 6.07) is 4.55. The highest BCUT2D eigenvalue weighted by molar-refractivity contribution is 5.97. The molecule has 0 fully saturated rings. The van der Waals surface area contributed by atoms with Crippen LogP contribution in [0.5, 0.6) is 11.5 Å². The lowest BCUT2D eigenvalue weighted by atomic mass is 10.1. The number of hydrogen-bond acceptors (Lipinski definition) is 4. The molecule has 0 atom stereocenters. The molecule has 0 saturated carbocycles. The van der Waals surface area contributed by atoms with Gasteiger partial charge in [-0.25, -0.2) is 4.98 Å². The summed E-state index contributed by atoms with van der Waals surface area (Å²) in [5.41, 5.74) is 0.211. The number of ether oxygens (including phenoxy) is 1.